The monoisotopic (exact) mass is 529 g/mol. The third-order valence-corrected chi connectivity index (χ3v) is 7.25. The van der Waals surface area contributed by atoms with Gasteiger partial charge in [-0.1, -0.05) is 48.7 Å². The third kappa shape index (κ3) is 5.14. The van der Waals surface area contributed by atoms with Gasteiger partial charge in [-0.05, 0) is 54.8 Å². The lowest BCUT2D eigenvalue weighted by molar-refractivity contribution is -0.127. The van der Waals surface area contributed by atoms with Gasteiger partial charge in [-0.2, -0.15) is 0 Å². The summed E-state index contributed by atoms with van der Waals surface area (Å²) in [5, 5.41) is 11.5. The number of para-hydroxylation sites is 1. The summed E-state index contributed by atoms with van der Waals surface area (Å²) in [7, 11) is 0. The predicted molar refractivity (Wildman–Crippen MR) is 142 cm³/mol. The molecule has 6 rings (SSSR count). The number of fused-ring (bicyclic) bond motifs is 2. The number of halogens is 1. The Morgan fingerprint density at radius 3 is 2.59 bits per heavy atom. The van der Waals surface area contributed by atoms with E-state index in [0.29, 0.717) is 33.8 Å². The van der Waals surface area contributed by atoms with Gasteiger partial charge in [0.15, 0.2) is 11.5 Å². The zero-order chi connectivity index (χ0) is 26.8. The van der Waals surface area contributed by atoms with E-state index in [1.54, 1.807) is 30.3 Å². The Kier molecular flexibility index (Phi) is 6.83. The number of aromatic nitrogens is 3. The van der Waals surface area contributed by atoms with Crippen molar-refractivity contribution in [2.24, 2.45) is 0 Å². The van der Waals surface area contributed by atoms with E-state index in [1.165, 1.54) is 21.7 Å². The van der Waals surface area contributed by atoms with Crippen molar-refractivity contribution in [3.8, 4) is 11.5 Å². The second-order valence-electron chi connectivity index (χ2n) is 9.83. The van der Waals surface area contributed by atoms with E-state index < -0.39 is 17.8 Å². The summed E-state index contributed by atoms with van der Waals surface area (Å²) >= 11 is 0. The topological polar surface area (TPSA) is 98.6 Å². The maximum Gasteiger partial charge on any atom is 0.249 e. The van der Waals surface area contributed by atoms with Gasteiger partial charge in [0.25, 0.3) is 0 Å². The quantitative estimate of drug-likeness (QED) is 0.378. The molecule has 2 heterocycles. The molecule has 200 valence electrons. The van der Waals surface area contributed by atoms with Crippen LogP contribution in [0.25, 0.3) is 11.0 Å². The van der Waals surface area contributed by atoms with Crippen molar-refractivity contribution in [1.29, 1.82) is 0 Å². The van der Waals surface area contributed by atoms with Crippen LogP contribution in [0.4, 0.5) is 10.1 Å². The van der Waals surface area contributed by atoms with Gasteiger partial charge in [0.05, 0.1) is 5.52 Å². The Morgan fingerprint density at radius 2 is 1.77 bits per heavy atom. The fourth-order valence-electron chi connectivity index (χ4n) is 5.30. The van der Waals surface area contributed by atoms with Gasteiger partial charge in [0, 0.05) is 17.8 Å². The molecule has 1 saturated carbocycles. The fourth-order valence-corrected chi connectivity index (χ4v) is 5.30. The van der Waals surface area contributed by atoms with E-state index in [2.05, 4.69) is 15.6 Å². The molecule has 0 spiro atoms. The molecule has 0 saturated heterocycles. The van der Waals surface area contributed by atoms with Crippen molar-refractivity contribution in [3.05, 3.63) is 78.1 Å². The molecule has 0 radical (unpaired) electrons. The lowest BCUT2D eigenvalue weighted by Crippen LogP contribution is -2.48. The van der Waals surface area contributed by atoms with Crippen LogP contribution < -0.4 is 19.7 Å². The Morgan fingerprint density at radius 1 is 1.00 bits per heavy atom. The van der Waals surface area contributed by atoms with E-state index >= 15 is 0 Å². The second kappa shape index (κ2) is 10.7. The molecule has 2 aliphatic rings. The van der Waals surface area contributed by atoms with Crippen LogP contribution in [-0.2, 0) is 16.1 Å². The number of hydrogen-bond acceptors (Lipinski definition) is 6. The minimum absolute atomic E-state index is 0.0159. The summed E-state index contributed by atoms with van der Waals surface area (Å²) in [6.45, 7) is -0.0927. The van der Waals surface area contributed by atoms with Crippen LogP contribution in [0.2, 0.25) is 0 Å². The lowest BCUT2D eigenvalue weighted by atomic mass is 9.94. The molecule has 4 aromatic rings. The van der Waals surface area contributed by atoms with E-state index in [4.69, 9.17) is 9.47 Å². The van der Waals surface area contributed by atoms with Crippen molar-refractivity contribution in [2.45, 2.75) is 50.7 Å². The molecule has 0 unspecified atom stereocenters. The summed E-state index contributed by atoms with van der Waals surface area (Å²) in [5.41, 5.74) is 2.28. The molecule has 9 nitrogen and oxygen atoms in total. The Balaban J connectivity index is 1.42. The summed E-state index contributed by atoms with van der Waals surface area (Å²) < 4.78 is 26.5. The number of rotatable bonds is 7. The molecular formula is C29H28FN5O4. The number of amides is 2. The first-order chi connectivity index (χ1) is 19.1. The Bertz CT molecular complexity index is 1500. The molecule has 1 aromatic heterocycles. The van der Waals surface area contributed by atoms with Crippen LogP contribution in [0, 0.1) is 5.82 Å². The molecule has 3 aromatic carbocycles. The van der Waals surface area contributed by atoms with Crippen LogP contribution in [0.15, 0.2) is 66.7 Å². The van der Waals surface area contributed by atoms with Gasteiger partial charge in [-0.3, -0.25) is 14.5 Å². The standard InChI is InChI=1S/C29H28FN5O4/c30-20-12-10-19(11-13-20)28(29(37)31-21-6-2-1-3-7-21)35(22-14-15-25-26(16-22)39-18-38-25)27(36)17-34-24-9-5-4-8-23(24)32-33-34/h4-5,8-16,21,28H,1-3,6-7,17-18H2,(H,31,37)/t28-/m1/s1. The number of anilines is 1. The molecule has 2 amide bonds. The highest BCUT2D eigenvalue weighted by atomic mass is 19.1. The van der Waals surface area contributed by atoms with Crippen LogP contribution in [0.3, 0.4) is 0 Å². The van der Waals surface area contributed by atoms with Crippen LogP contribution in [0.5, 0.6) is 11.5 Å². The lowest BCUT2D eigenvalue weighted by Gasteiger charge is -2.33. The van der Waals surface area contributed by atoms with E-state index in [9.17, 15) is 14.0 Å². The zero-order valence-electron chi connectivity index (χ0n) is 21.3. The second-order valence-corrected chi connectivity index (χ2v) is 9.83. The first kappa shape index (κ1) is 24.8. The Hall–Kier alpha value is -4.47. The number of ether oxygens (including phenoxy) is 2. The summed E-state index contributed by atoms with van der Waals surface area (Å²) in [4.78, 5) is 29.6. The highest BCUT2D eigenvalue weighted by Gasteiger charge is 2.35. The highest BCUT2D eigenvalue weighted by Crippen LogP contribution is 2.38. The predicted octanol–water partition coefficient (Wildman–Crippen LogP) is 4.52. The highest BCUT2D eigenvalue weighted by molar-refractivity contribution is 6.02. The SMILES string of the molecule is O=C(NC1CCCCC1)[C@@H](c1ccc(F)cc1)N(C(=O)Cn1nnc2ccccc21)c1ccc2c(c1)OCO2. The van der Waals surface area contributed by atoms with Crippen LogP contribution >= 0.6 is 0 Å². The van der Waals surface area contributed by atoms with E-state index in [-0.39, 0.29) is 25.3 Å². The average Bonchev–Trinajstić information content (AvgIpc) is 3.59. The maximum atomic E-state index is 14.1. The summed E-state index contributed by atoms with van der Waals surface area (Å²) in [5.74, 6) is -0.124. The third-order valence-electron chi connectivity index (χ3n) is 7.25. The van der Waals surface area contributed by atoms with Crippen molar-refractivity contribution >= 4 is 28.5 Å². The molecule has 0 bridgehead atoms. The van der Waals surface area contributed by atoms with Crippen molar-refractivity contribution in [1.82, 2.24) is 20.3 Å². The zero-order valence-corrected chi connectivity index (χ0v) is 21.3. The minimum atomic E-state index is -1.06. The van der Waals surface area contributed by atoms with Gasteiger partial charge < -0.3 is 14.8 Å². The van der Waals surface area contributed by atoms with Gasteiger partial charge in [-0.15, -0.1) is 5.10 Å². The van der Waals surface area contributed by atoms with Crippen LogP contribution in [0.1, 0.15) is 43.7 Å². The largest absolute Gasteiger partial charge is 0.454 e. The molecule has 1 aliphatic heterocycles. The molecule has 1 atom stereocenters. The van der Waals surface area contributed by atoms with Gasteiger partial charge in [0.1, 0.15) is 23.9 Å². The van der Waals surface area contributed by atoms with Crippen LogP contribution in [-0.4, -0.2) is 39.6 Å². The molecule has 10 heteroatoms. The summed E-state index contributed by atoms with van der Waals surface area (Å²) in [6.07, 6.45) is 4.98. The number of carbonyl (C=O) groups is 2. The fraction of sp³-hybridized carbons (Fsp3) is 0.310. The number of carbonyl (C=O) groups excluding carboxylic acids is 2. The number of benzene rings is 3. The normalized spacial score (nSPS) is 15.7. The average molecular weight is 530 g/mol. The smallest absolute Gasteiger partial charge is 0.249 e. The van der Waals surface area contributed by atoms with Gasteiger partial charge in [-0.25, -0.2) is 9.07 Å². The maximum absolute atomic E-state index is 14.1. The first-order valence-electron chi connectivity index (χ1n) is 13.1. The number of nitrogens with zero attached hydrogens (tertiary/aromatic N) is 4. The molecule has 1 N–H and O–H groups in total. The molecule has 1 aliphatic carbocycles. The minimum Gasteiger partial charge on any atom is -0.454 e. The van der Waals surface area contributed by atoms with E-state index in [1.807, 2.05) is 24.3 Å². The van der Waals surface area contributed by atoms with Gasteiger partial charge in [0.2, 0.25) is 18.6 Å². The molecule has 1 fully saturated rings. The first-order valence-corrected chi connectivity index (χ1v) is 13.1. The number of hydrogen-bond donors (Lipinski definition) is 1. The number of nitrogens with one attached hydrogen (secondary N) is 1. The summed E-state index contributed by atoms with van der Waals surface area (Å²) in [6, 6.07) is 17.1. The van der Waals surface area contributed by atoms with Crippen molar-refractivity contribution in [2.75, 3.05) is 11.7 Å². The molecule has 39 heavy (non-hydrogen) atoms. The van der Waals surface area contributed by atoms with Crippen molar-refractivity contribution in [3.63, 3.8) is 0 Å². The molecular weight excluding hydrogens is 501 g/mol. The van der Waals surface area contributed by atoms with E-state index in [0.717, 1.165) is 32.1 Å². The van der Waals surface area contributed by atoms with Crippen molar-refractivity contribution < 1.29 is 23.5 Å². The Labute approximate surface area is 224 Å². The van der Waals surface area contributed by atoms with Gasteiger partial charge >= 0.3 is 0 Å².